The first-order valence-corrected chi connectivity index (χ1v) is 17.8. The lowest BCUT2D eigenvalue weighted by molar-refractivity contribution is 0.669. The number of nitrogens with zero attached hydrogens (tertiary/aromatic N) is 1. The number of para-hydroxylation sites is 2. The fourth-order valence-corrected chi connectivity index (χ4v) is 7.81. The van der Waals surface area contributed by atoms with Gasteiger partial charge in [-0.25, -0.2) is 0 Å². The van der Waals surface area contributed by atoms with E-state index >= 15 is 0 Å². The Balaban J connectivity index is 1.10. The third-order valence-corrected chi connectivity index (χ3v) is 10.3. The molecule has 1 heterocycles. The van der Waals surface area contributed by atoms with Crippen LogP contribution in [0, 0.1) is 0 Å². The molecule has 2 heteroatoms. The molecular formula is C50H33NO. The summed E-state index contributed by atoms with van der Waals surface area (Å²) in [5.74, 6) is 0. The molecule has 0 N–H and O–H groups in total. The minimum Gasteiger partial charge on any atom is -0.454 e. The van der Waals surface area contributed by atoms with Gasteiger partial charge < -0.3 is 9.32 Å². The van der Waals surface area contributed by atoms with E-state index in [0.29, 0.717) is 0 Å². The van der Waals surface area contributed by atoms with Gasteiger partial charge in [-0.05, 0) is 91.3 Å². The summed E-state index contributed by atoms with van der Waals surface area (Å²) in [5, 5.41) is 7.20. The van der Waals surface area contributed by atoms with Crippen molar-refractivity contribution in [3.05, 3.63) is 200 Å². The van der Waals surface area contributed by atoms with E-state index in [9.17, 15) is 0 Å². The standard InChI is InChI=1S/C50H33NO/c1-2-12-34(13-3-1)42-32-33-43(45-18-7-6-17-44(42)45)37-26-30-39(31-27-37)51(48-22-11-21-47-46-19-8-9-23-49(46)52-50(47)48)38-28-24-36(25-29-38)41-20-10-15-35-14-4-5-16-40(35)41/h1-33H. The topological polar surface area (TPSA) is 16.4 Å². The number of anilines is 3. The van der Waals surface area contributed by atoms with E-state index in [2.05, 4.69) is 193 Å². The molecule has 10 rings (SSSR count). The molecule has 0 atom stereocenters. The second-order valence-corrected chi connectivity index (χ2v) is 13.3. The zero-order valence-electron chi connectivity index (χ0n) is 28.4. The number of benzene rings is 9. The van der Waals surface area contributed by atoms with E-state index in [1.165, 1.54) is 54.9 Å². The van der Waals surface area contributed by atoms with Crippen LogP contribution in [-0.4, -0.2) is 0 Å². The molecule has 0 bridgehead atoms. The Morgan fingerprint density at radius 2 is 0.788 bits per heavy atom. The Bertz CT molecular complexity index is 2880. The smallest absolute Gasteiger partial charge is 0.159 e. The molecule has 0 spiro atoms. The largest absolute Gasteiger partial charge is 0.454 e. The van der Waals surface area contributed by atoms with E-state index in [0.717, 1.165) is 39.0 Å². The molecule has 0 unspecified atom stereocenters. The summed E-state index contributed by atoms with van der Waals surface area (Å²) >= 11 is 0. The summed E-state index contributed by atoms with van der Waals surface area (Å²) in [7, 11) is 0. The van der Waals surface area contributed by atoms with Crippen molar-refractivity contribution in [1.82, 2.24) is 0 Å². The molecule has 0 aliphatic rings. The molecule has 10 aromatic rings. The van der Waals surface area contributed by atoms with Gasteiger partial charge in [0, 0.05) is 22.1 Å². The van der Waals surface area contributed by atoms with Crippen molar-refractivity contribution in [2.75, 3.05) is 4.90 Å². The molecule has 0 radical (unpaired) electrons. The van der Waals surface area contributed by atoms with Crippen LogP contribution >= 0.6 is 0 Å². The van der Waals surface area contributed by atoms with Crippen molar-refractivity contribution in [1.29, 1.82) is 0 Å². The quantitative estimate of drug-likeness (QED) is 0.176. The average Bonchev–Trinajstić information content (AvgIpc) is 3.61. The maximum Gasteiger partial charge on any atom is 0.159 e. The first kappa shape index (κ1) is 30.0. The number of furan rings is 1. The molecule has 2 nitrogen and oxygen atoms in total. The first-order chi connectivity index (χ1) is 25.8. The minimum absolute atomic E-state index is 0.869. The van der Waals surface area contributed by atoms with Gasteiger partial charge in [-0.1, -0.05) is 164 Å². The molecule has 52 heavy (non-hydrogen) atoms. The fourth-order valence-electron chi connectivity index (χ4n) is 7.81. The van der Waals surface area contributed by atoms with Crippen molar-refractivity contribution in [2.45, 2.75) is 0 Å². The Labute approximate surface area is 302 Å². The third-order valence-electron chi connectivity index (χ3n) is 10.3. The molecule has 0 aliphatic heterocycles. The van der Waals surface area contributed by atoms with E-state index < -0.39 is 0 Å². The summed E-state index contributed by atoms with van der Waals surface area (Å²) < 4.78 is 6.60. The van der Waals surface area contributed by atoms with Crippen molar-refractivity contribution in [3.8, 4) is 33.4 Å². The number of hydrogen-bond donors (Lipinski definition) is 0. The van der Waals surface area contributed by atoms with Crippen LogP contribution in [0.25, 0.3) is 76.9 Å². The Morgan fingerprint density at radius 1 is 0.308 bits per heavy atom. The van der Waals surface area contributed by atoms with Gasteiger partial charge in [0.2, 0.25) is 0 Å². The van der Waals surface area contributed by atoms with Crippen LogP contribution < -0.4 is 4.90 Å². The van der Waals surface area contributed by atoms with Crippen LogP contribution in [0.5, 0.6) is 0 Å². The monoisotopic (exact) mass is 663 g/mol. The highest BCUT2D eigenvalue weighted by Crippen LogP contribution is 2.44. The van der Waals surface area contributed by atoms with E-state index in [1.807, 2.05) is 12.1 Å². The number of fused-ring (bicyclic) bond motifs is 5. The molecule has 0 aliphatic carbocycles. The van der Waals surface area contributed by atoms with Gasteiger partial charge in [0.05, 0.1) is 5.69 Å². The van der Waals surface area contributed by atoms with Gasteiger partial charge in [-0.3, -0.25) is 0 Å². The van der Waals surface area contributed by atoms with Gasteiger partial charge >= 0.3 is 0 Å². The van der Waals surface area contributed by atoms with Crippen molar-refractivity contribution in [3.63, 3.8) is 0 Å². The van der Waals surface area contributed by atoms with Crippen LogP contribution in [-0.2, 0) is 0 Å². The van der Waals surface area contributed by atoms with E-state index in [4.69, 9.17) is 4.42 Å². The van der Waals surface area contributed by atoms with Gasteiger partial charge in [0.15, 0.2) is 5.58 Å². The molecule has 0 fully saturated rings. The normalized spacial score (nSPS) is 11.5. The molecule has 0 amide bonds. The van der Waals surface area contributed by atoms with Crippen LogP contribution in [0.15, 0.2) is 205 Å². The van der Waals surface area contributed by atoms with E-state index in [-0.39, 0.29) is 0 Å². The Hall–Kier alpha value is -6.90. The maximum atomic E-state index is 6.60. The summed E-state index contributed by atoms with van der Waals surface area (Å²) in [6.07, 6.45) is 0. The summed E-state index contributed by atoms with van der Waals surface area (Å²) in [4.78, 5) is 2.32. The zero-order valence-corrected chi connectivity index (χ0v) is 28.4. The lowest BCUT2D eigenvalue weighted by Crippen LogP contribution is -2.10. The van der Waals surface area contributed by atoms with Gasteiger partial charge in [-0.15, -0.1) is 0 Å². The highest BCUT2D eigenvalue weighted by atomic mass is 16.3. The molecule has 244 valence electrons. The SMILES string of the molecule is c1ccc(-c2ccc(-c3ccc(N(c4ccc(-c5cccc6ccccc56)cc4)c4cccc5c4oc4ccccc45)cc3)c3ccccc23)cc1. The highest BCUT2D eigenvalue weighted by Gasteiger charge is 2.20. The summed E-state index contributed by atoms with van der Waals surface area (Å²) in [5.41, 5.74) is 12.1. The first-order valence-electron chi connectivity index (χ1n) is 17.8. The summed E-state index contributed by atoms with van der Waals surface area (Å²) in [6, 6.07) is 71.6. The van der Waals surface area contributed by atoms with Crippen LogP contribution in [0.3, 0.4) is 0 Å². The van der Waals surface area contributed by atoms with Crippen molar-refractivity contribution < 1.29 is 4.42 Å². The Kier molecular flexibility index (Phi) is 7.18. The van der Waals surface area contributed by atoms with Crippen LogP contribution in [0.4, 0.5) is 17.1 Å². The highest BCUT2D eigenvalue weighted by molar-refractivity contribution is 6.10. The lowest BCUT2D eigenvalue weighted by Gasteiger charge is -2.26. The van der Waals surface area contributed by atoms with Gasteiger partial charge in [0.1, 0.15) is 5.58 Å². The Morgan fingerprint density at radius 3 is 1.46 bits per heavy atom. The van der Waals surface area contributed by atoms with Crippen molar-refractivity contribution >= 4 is 60.5 Å². The molecule has 1 aromatic heterocycles. The molecule has 9 aromatic carbocycles. The predicted molar refractivity (Wildman–Crippen MR) is 220 cm³/mol. The van der Waals surface area contributed by atoms with Crippen LogP contribution in [0.1, 0.15) is 0 Å². The van der Waals surface area contributed by atoms with E-state index in [1.54, 1.807) is 0 Å². The maximum absolute atomic E-state index is 6.60. The fraction of sp³-hybridized carbons (Fsp3) is 0. The van der Waals surface area contributed by atoms with Crippen molar-refractivity contribution in [2.24, 2.45) is 0 Å². The molecular weight excluding hydrogens is 631 g/mol. The summed E-state index contributed by atoms with van der Waals surface area (Å²) in [6.45, 7) is 0. The second-order valence-electron chi connectivity index (χ2n) is 13.3. The third kappa shape index (κ3) is 5.04. The molecule has 0 saturated heterocycles. The second kappa shape index (κ2) is 12.5. The van der Waals surface area contributed by atoms with Crippen LogP contribution in [0.2, 0.25) is 0 Å². The zero-order chi connectivity index (χ0) is 34.4. The van der Waals surface area contributed by atoms with Gasteiger partial charge in [0.25, 0.3) is 0 Å². The number of hydrogen-bond acceptors (Lipinski definition) is 2. The predicted octanol–water partition coefficient (Wildman–Crippen LogP) is 14.4. The van der Waals surface area contributed by atoms with Gasteiger partial charge in [-0.2, -0.15) is 0 Å². The molecule has 0 saturated carbocycles. The minimum atomic E-state index is 0.869. The lowest BCUT2D eigenvalue weighted by atomic mass is 9.92. The average molecular weight is 664 g/mol. The number of rotatable bonds is 6.